The van der Waals surface area contributed by atoms with Crippen molar-refractivity contribution >= 4 is 21.8 Å². The number of hydrogen-bond acceptors (Lipinski definition) is 1. The van der Waals surface area contributed by atoms with E-state index in [9.17, 15) is 9.18 Å². The van der Waals surface area contributed by atoms with Gasteiger partial charge in [-0.3, -0.25) is 4.79 Å². The van der Waals surface area contributed by atoms with Crippen LogP contribution in [0.4, 0.5) is 4.39 Å². The molecule has 2 nitrogen and oxygen atoms in total. The zero-order valence-corrected chi connectivity index (χ0v) is 12.0. The zero-order valence-electron chi connectivity index (χ0n) is 10.4. The summed E-state index contributed by atoms with van der Waals surface area (Å²) in [6.45, 7) is 2.00. The Bertz CT molecular complexity index is 423. The van der Waals surface area contributed by atoms with Gasteiger partial charge in [-0.15, -0.1) is 0 Å². The Labute approximate surface area is 115 Å². The predicted octanol–water partition coefficient (Wildman–Crippen LogP) is 3.90. The average Bonchev–Trinajstić information content (AvgIpc) is 2.81. The Balaban J connectivity index is 2.07. The second-order valence-corrected chi connectivity index (χ2v) is 5.76. The van der Waals surface area contributed by atoms with Crippen LogP contribution in [0.25, 0.3) is 0 Å². The highest BCUT2D eigenvalue weighted by atomic mass is 79.9. The summed E-state index contributed by atoms with van der Waals surface area (Å²) < 4.78 is 14.1. The van der Waals surface area contributed by atoms with Crippen molar-refractivity contribution in [2.45, 2.75) is 38.6 Å². The molecule has 0 radical (unpaired) electrons. The monoisotopic (exact) mass is 313 g/mol. The maximum atomic E-state index is 13.6. The van der Waals surface area contributed by atoms with Gasteiger partial charge in [-0.25, -0.2) is 4.39 Å². The normalized spacial score (nSPS) is 17.7. The molecule has 0 aliphatic heterocycles. The van der Waals surface area contributed by atoms with E-state index in [4.69, 9.17) is 0 Å². The van der Waals surface area contributed by atoms with Crippen LogP contribution in [0.3, 0.4) is 0 Å². The van der Waals surface area contributed by atoms with Crippen molar-refractivity contribution in [2.24, 2.45) is 5.92 Å². The maximum Gasteiger partial charge on any atom is 0.255 e. The summed E-state index contributed by atoms with van der Waals surface area (Å²) >= 11 is 3.22. The van der Waals surface area contributed by atoms with Crippen LogP contribution in [0.5, 0.6) is 0 Å². The number of halogens is 2. The summed E-state index contributed by atoms with van der Waals surface area (Å²) in [4.78, 5) is 12.1. The number of carbonyl (C=O) groups is 1. The van der Waals surface area contributed by atoms with Crippen LogP contribution < -0.4 is 5.32 Å². The molecule has 98 valence electrons. The molecule has 1 atom stereocenters. The van der Waals surface area contributed by atoms with E-state index in [1.54, 1.807) is 12.1 Å². The Morgan fingerprint density at radius 2 is 2.11 bits per heavy atom. The van der Waals surface area contributed by atoms with E-state index in [0.29, 0.717) is 10.4 Å². The van der Waals surface area contributed by atoms with E-state index < -0.39 is 5.82 Å². The van der Waals surface area contributed by atoms with Crippen LogP contribution in [-0.4, -0.2) is 11.9 Å². The van der Waals surface area contributed by atoms with Gasteiger partial charge >= 0.3 is 0 Å². The molecule has 1 amide bonds. The minimum atomic E-state index is -0.486. The molecule has 1 saturated carbocycles. The largest absolute Gasteiger partial charge is 0.349 e. The van der Waals surface area contributed by atoms with Crippen molar-refractivity contribution in [3.8, 4) is 0 Å². The van der Waals surface area contributed by atoms with Gasteiger partial charge in [0.1, 0.15) is 5.82 Å². The number of nitrogens with one attached hydrogen (secondary N) is 1. The fourth-order valence-corrected chi connectivity index (χ4v) is 3.09. The van der Waals surface area contributed by atoms with E-state index in [-0.39, 0.29) is 17.5 Å². The van der Waals surface area contributed by atoms with Gasteiger partial charge in [0.15, 0.2) is 0 Å². The number of hydrogen-bond donors (Lipinski definition) is 1. The third kappa shape index (κ3) is 2.91. The predicted molar refractivity (Wildman–Crippen MR) is 73.0 cm³/mol. The van der Waals surface area contributed by atoms with Crippen molar-refractivity contribution < 1.29 is 9.18 Å². The second kappa shape index (κ2) is 5.83. The first-order chi connectivity index (χ1) is 8.59. The van der Waals surface area contributed by atoms with Gasteiger partial charge in [0, 0.05) is 10.5 Å². The third-order valence-electron chi connectivity index (χ3n) is 3.66. The molecular weight excluding hydrogens is 297 g/mol. The summed E-state index contributed by atoms with van der Waals surface area (Å²) in [5.74, 6) is -0.292. The molecule has 1 fully saturated rings. The Hall–Kier alpha value is -0.900. The summed E-state index contributed by atoms with van der Waals surface area (Å²) in [6, 6.07) is 4.67. The van der Waals surface area contributed by atoms with Crippen LogP contribution in [0.15, 0.2) is 22.7 Å². The number of benzene rings is 1. The molecular formula is C14H17BrFNO. The summed E-state index contributed by atoms with van der Waals surface area (Å²) in [5, 5.41) is 2.91. The Morgan fingerprint density at radius 3 is 2.72 bits per heavy atom. The average molecular weight is 314 g/mol. The lowest BCUT2D eigenvalue weighted by molar-refractivity contribution is 0.0922. The zero-order chi connectivity index (χ0) is 13.1. The molecule has 2 rings (SSSR count). The van der Waals surface area contributed by atoms with E-state index in [0.717, 1.165) is 12.8 Å². The van der Waals surface area contributed by atoms with Crippen molar-refractivity contribution in [2.75, 3.05) is 0 Å². The van der Waals surface area contributed by atoms with Gasteiger partial charge in [0.2, 0.25) is 0 Å². The SMILES string of the molecule is CC(NC(=O)c1c(F)cccc1Br)C1CCCC1. The second-order valence-electron chi connectivity index (χ2n) is 4.90. The van der Waals surface area contributed by atoms with E-state index in [2.05, 4.69) is 21.2 Å². The summed E-state index contributed by atoms with van der Waals surface area (Å²) in [6.07, 6.45) is 4.77. The fourth-order valence-electron chi connectivity index (χ4n) is 2.57. The van der Waals surface area contributed by atoms with Crippen LogP contribution in [0, 0.1) is 11.7 Å². The molecule has 1 aromatic carbocycles. The van der Waals surface area contributed by atoms with Gasteiger partial charge < -0.3 is 5.32 Å². The molecule has 1 aromatic rings. The summed E-state index contributed by atoms with van der Waals surface area (Å²) in [7, 11) is 0. The van der Waals surface area contributed by atoms with Crippen LogP contribution in [0.2, 0.25) is 0 Å². The lowest BCUT2D eigenvalue weighted by atomic mass is 9.99. The van der Waals surface area contributed by atoms with E-state index >= 15 is 0 Å². The topological polar surface area (TPSA) is 29.1 Å². The maximum absolute atomic E-state index is 13.6. The van der Waals surface area contributed by atoms with Crippen molar-refractivity contribution in [3.05, 3.63) is 34.1 Å². The van der Waals surface area contributed by atoms with Crippen molar-refractivity contribution in [1.82, 2.24) is 5.32 Å². The molecule has 1 aliphatic carbocycles. The Morgan fingerprint density at radius 1 is 1.44 bits per heavy atom. The van der Waals surface area contributed by atoms with Crippen molar-refractivity contribution in [3.63, 3.8) is 0 Å². The number of carbonyl (C=O) groups excluding carboxylic acids is 1. The third-order valence-corrected chi connectivity index (χ3v) is 4.32. The molecule has 1 aliphatic rings. The first kappa shape index (κ1) is 13.5. The highest BCUT2D eigenvalue weighted by Crippen LogP contribution is 2.28. The summed E-state index contributed by atoms with van der Waals surface area (Å²) in [5.41, 5.74) is 0.0994. The lowest BCUT2D eigenvalue weighted by Gasteiger charge is -2.20. The van der Waals surface area contributed by atoms with Gasteiger partial charge in [0.05, 0.1) is 5.56 Å². The van der Waals surface area contributed by atoms with Gasteiger partial charge in [-0.05, 0) is 53.7 Å². The van der Waals surface area contributed by atoms with Crippen molar-refractivity contribution in [1.29, 1.82) is 0 Å². The molecule has 0 spiro atoms. The molecule has 0 heterocycles. The first-order valence-corrected chi connectivity index (χ1v) is 7.13. The van der Waals surface area contributed by atoms with Gasteiger partial charge in [-0.2, -0.15) is 0 Å². The number of rotatable bonds is 3. The van der Waals surface area contributed by atoms with Crippen LogP contribution in [-0.2, 0) is 0 Å². The number of amides is 1. The molecule has 1 N–H and O–H groups in total. The first-order valence-electron chi connectivity index (χ1n) is 6.34. The van der Waals surface area contributed by atoms with Gasteiger partial charge in [0.25, 0.3) is 5.91 Å². The molecule has 4 heteroatoms. The molecule has 0 aromatic heterocycles. The minimum absolute atomic E-state index is 0.0994. The van der Waals surface area contributed by atoms with Gasteiger partial charge in [-0.1, -0.05) is 18.9 Å². The quantitative estimate of drug-likeness (QED) is 0.901. The molecule has 0 saturated heterocycles. The standard InChI is InChI=1S/C14H17BrFNO/c1-9(10-5-2-3-6-10)17-14(18)13-11(15)7-4-8-12(13)16/h4,7-10H,2-3,5-6H2,1H3,(H,17,18). The van der Waals surface area contributed by atoms with Crippen LogP contribution >= 0.6 is 15.9 Å². The molecule has 0 bridgehead atoms. The minimum Gasteiger partial charge on any atom is -0.349 e. The fraction of sp³-hybridized carbons (Fsp3) is 0.500. The Kier molecular flexibility index (Phi) is 4.38. The highest BCUT2D eigenvalue weighted by Gasteiger charge is 2.24. The highest BCUT2D eigenvalue weighted by molar-refractivity contribution is 9.10. The van der Waals surface area contributed by atoms with E-state index in [1.807, 2.05) is 6.92 Å². The van der Waals surface area contributed by atoms with Crippen LogP contribution in [0.1, 0.15) is 43.0 Å². The smallest absolute Gasteiger partial charge is 0.255 e. The van der Waals surface area contributed by atoms with E-state index in [1.165, 1.54) is 18.9 Å². The molecule has 18 heavy (non-hydrogen) atoms. The lowest BCUT2D eigenvalue weighted by Crippen LogP contribution is -2.37. The molecule has 1 unspecified atom stereocenters.